The second-order valence-electron chi connectivity index (χ2n) is 5.43. The summed E-state index contributed by atoms with van der Waals surface area (Å²) in [5, 5.41) is 12.0. The van der Waals surface area contributed by atoms with Gasteiger partial charge in [-0.3, -0.25) is 4.79 Å². The second kappa shape index (κ2) is 6.23. The Bertz CT molecular complexity index is 351. The van der Waals surface area contributed by atoms with E-state index in [0.717, 1.165) is 13.0 Å². The molecule has 1 saturated heterocycles. The third kappa shape index (κ3) is 2.83. The molecule has 0 bridgehead atoms. The number of nitrogens with zero attached hydrogens (tertiary/aromatic N) is 3. The molecule has 0 aromatic rings. The van der Waals surface area contributed by atoms with Crippen molar-refractivity contribution in [3.8, 4) is 0 Å². The summed E-state index contributed by atoms with van der Waals surface area (Å²) in [5.41, 5.74) is 4.91. The van der Waals surface area contributed by atoms with E-state index in [1.807, 2.05) is 32.8 Å². The highest BCUT2D eigenvalue weighted by atomic mass is 16.4. The van der Waals surface area contributed by atoms with Crippen LogP contribution in [0.5, 0.6) is 0 Å². The van der Waals surface area contributed by atoms with Crippen LogP contribution in [-0.4, -0.2) is 60.0 Å². The van der Waals surface area contributed by atoms with Gasteiger partial charge in [0, 0.05) is 19.1 Å². The Morgan fingerprint density at radius 1 is 1.47 bits per heavy atom. The molecule has 1 atom stereocenters. The zero-order chi connectivity index (χ0) is 14.6. The summed E-state index contributed by atoms with van der Waals surface area (Å²) >= 11 is 0. The molecular formula is C13H26N4O2. The molecule has 1 amide bonds. The fraction of sp³-hybridized carbons (Fsp3) is 0.846. The quantitative estimate of drug-likeness (QED) is 0.333. The van der Waals surface area contributed by atoms with Crippen molar-refractivity contribution in [2.24, 2.45) is 16.3 Å². The van der Waals surface area contributed by atoms with E-state index in [1.54, 1.807) is 0 Å². The van der Waals surface area contributed by atoms with E-state index in [0.29, 0.717) is 25.4 Å². The molecule has 0 aromatic heterocycles. The first kappa shape index (κ1) is 15.8. The second-order valence-corrected chi connectivity index (χ2v) is 5.43. The SMILES string of the molecule is CCC(CC)(C(=O)N1CCC(N(C)C)C1)C(N)=NO. The Morgan fingerprint density at radius 3 is 2.42 bits per heavy atom. The molecular weight excluding hydrogens is 244 g/mol. The third-order valence-electron chi connectivity index (χ3n) is 4.40. The van der Waals surface area contributed by atoms with Crippen molar-refractivity contribution < 1.29 is 10.0 Å². The van der Waals surface area contributed by atoms with Gasteiger partial charge in [0.1, 0.15) is 5.41 Å². The molecule has 0 aromatic carbocycles. The van der Waals surface area contributed by atoms with Crippen LogP contribution < -0.4 is 5.73 Å². The van der Waals surface area contributed by atoms with E-state index < -0.39 is 5.41 Å². The minimum absolute atomic E-state index is 0.0165. The number of carbonyl (C=O) groups is 1. The average molecular weight is 270 g/mol. The molecule has 19 heavy (non-hydrogen) atoms. The van der Waals surface area contributed by atoms with Gasteiger partial charge in [0.25, 0.3) is 0 Å². The molecule has 1 fully saturated rings. The molecule has 1 aliphatic heterocycles. The number of hydrogen-bond acceptors (Lipinski definition) is 4. The number of amides is 1. The minimum Gasteiger partial charge on any atom is -0.409 e. The molecule has 1 aliphatic rings. The number of likely N-dealkylation sites (tertiary alicyclic amines) is 1. The van der Waals surface area contributed by atoms with Gasteiger partial charge in [0.2, 0.25) is 5.91 Å². The Labute approximate surface area is 115 Å². The summed E-state index contributed by atoms with van der Waals surface area (Å²) in [5.74, 6) is 0.00736. The van der Waals surface area contributed by atoms with Gasteiger partial charge in [-0.05, 0) is 33.4 Å². The third-order valence-corrected chi connectivity index (χ3v) is 4.40. The van der Waals surface area contributed by atoms with Crippen LogP contribution in [0.4, 0.5) is 0 Å². The van der Waals surface area contributed by atoms with Crippen molar-refractivity contribution in [2.45, 2.75) is 39.2 Å². The molecule has 3 N–H and O–H groups in total. The fourth-order valence-corrected chi connectivity index (χ4v) is 2.77. The first-order valence-corrected chi connectivity index (χ1v) is 6.86. The summed E-state index contributed by atoms with van der Waals surface area (Å²) in [6.45, 7) is 5.26. The first-order chi connectivity index (χ1) is 8.92. The molecule has 0 aliphatic carbocycles. The highest BCUT2D eigenvalue weighted by molar-refractivity contribution is 6.06. The largest absolute Gasteiger partial charge is 0.409 e. The van der Waals surface area contributed by atoms with Crippen molar-refractivity contribution in [1.29, 1.82) is 0 Å². The molecule has 0 spiro atoms. The number of oxime groups is 1. The molecule has 0 saturated carbocycles. The average Bonchev–Trinajstić information content (AvgIpc) is 2.89. The van der Waals surface area contributed by atoms with E-state index in [2.05, 4.69) is 10.1 Å². The van der Waals surface area contributed by atoms with E-state index in [-0.39, 0.29) is 11.7 Å². The van der Waals surface area contributed by atoms with Crippen LogP contribution in [0.15, 0.2) is 5.16 Å². The Hall–Kier alpha value is -1.30. The van der Waals surface area contributed by atoms with Gasteiger partial charge in [-0.15, -0.1) is 0 Å². The Balaban J connectivity index is 2.91. The lowest BCUT2D eigenvalue weighted by Gasteiger charge is -2.33. The van der Waals surface area contributed by atoms with Crippen LogP contribution in [0.1, 0.15) is 33.1 Å². The molecule has 1 rings (SSSR count). The van der Waals surface area contributed by atoms with Crippen molar-refractivity contribution in [2.75, 3.05) is 27.2 Å². The van der Waals surface area contributed by atoms with Crippen LogP contribution in [0.25, 0.3) is 0 Å². The van der Waals surface area contributed by atoms with Gasteiger partial charge in [-0.2, -0.15) is 0 Å². The van der Waals surface area contributed by atoms with Crippen LogP contribution in [-0.2, 0) is 4.79 Å². The van der Waals surface area contributed by atoms with Gasteiger partial charge >= 0.3 is 0 Å². The molecule has 6 nitrogen and oxygen atoms in total. The zero-order valence-electron chi connectivity index (χ0n) is 12.4. The maximum atomic E-state index is 12.7. The van der Waals surface area contributed by atoms with Gasteiger partial charge in [0.05, 0.1) is 0 Å². The summed E-state index contributed by atoms with van der Waals surface area (Å²) < 4.78 is 0. The van der Waals surface area contributed by atoms with Gasteiger partial charge < -0.3 is 20.7 Å². The predicted octanol–water partition coefficient (Wildman–Crippen LogP) is 0.702. The molecule has 1 unspecified atom stereocenters. The monoisotopic (exact) mass is 270 g/mol. The smallest absolute Gasteiger partial charge is 0.236 e. The number of nitrogens with two attached hydrogens (primary N) is 1. The number of amidine groups is 1. The minimum atomic E-state index is -0.865. The van der Waals surface area contributed by atoms with Crippen LogP contribution in [0.3, 0.4) is 0 Å². The Morgan fingerprint density at radius 2 is 2.05 bits per heavy atom. The lowest BCUT2D eigenvalue weighted by atomic mass is 9.79. The van der Waals surface area contributed by atoms with Crippen LogP contribution in [0.2, 0.25) is 0 Å². The van der Waals surface area contributed by atoms with Crippen molar-refractivity contribution >= 4 is 11.7 Å². The van der Waals surface area contributed by atoms with E-state index in [1.165, 1.54) is 0 Å². The number of likely N-dealkylation sites (N-methyl/N-ethyl adjacent to an activating group) is 1. The number of hydrogen-bond donors (Lipinski definition) is 2. The molecule has 6 heteroatoms. The molecule has 1 heterocycles. The standard InChI is InChI=1S/C13H26N4O2/c1-5-13(6-2,11(14)15-19)12(18)17-8-7-10(9-17)16(3)4/h10,19H,5-9H2,1-4H3,(H2,14,15). The zero-order valence-corrected chi connectivity index (χ0v) is 12.4. The van der Waals surface area contributed by atoms with E-state index in [9.17, 15) is 4.79 Å². The fourth-order valence-electron chi connectivity index (χ4n) is 2.77. The van der Waals surface area contributed by atoms with Crippen LogP contribution in [0, 0.1) is 5.41 Å². The number of carbonyl (C=O) groups excluding carboxylic acids is 1. The summed E-state index contributed by atoms with van der Waals surface area (Å²) in [6.07, 6.45) is 2.06. The predicted molar refractivity (Wildman–Crippen MR) is 75.1 cm³/mol. The summed E-state index contributed by atoms with van der Waals surface area (Å²) in [4.78, 5) is 16.7. The van der Waals surface area contributed by atoms with E-state index in [4.69, 9.17) is 10.9 Å². The maximum Gasteiger partial charge on any atom is 0.236 e. The Kier molecular flexibility index (Phi) is 5.17. The maximum absolute atomic E-state index is 12.7. The first-order valence-electron chi connectivity index (χ1n) is 6.86. The van der Waals surface area contributed by atoms with Gasteiger partial charge in [0.15, 0.2) is 5.84 Å². The molecule has 110 valence electrons. The summed E-state index contributed by atoms with van der Waals surface area (Å²) in [7, 11) is 4.05. The lowest BCUT2D eigenvalue weighted by Crippen LogP contribution is -2.50. The molecule has 0 radical (unpaired) electrons. The van der Waals surface area contributed by atoms with Gasteiger partial charge in [-0.25, -0.2) is 0 Å². The number of rotatable bonds is 5. The summed E-state index contributed by atoms with van der Waals surface area (Å²) in [6, 6.07) is 0.391. The van der Waals surface area contributed by atoms with Crippen molar-refractivity contribution in [1.82, 2.24) is 9.80 Å². The van der Waals surface area contributed by atoms with Gasteiger partial charge in [-0.1, -0.05) is 19.0 Å². The highest BCUT2D eigenvalue weighted by Crippen LogP contribution is 2.31. The highest BCUT2D eigenvalue weighted by Gasteiger charge is 2.44. The lowest BCUT2D eigenvalue weighted by molar-refractivity contribution is -0.137. The normalized spacial score (nSPS) is 21.2. The topological polar surface area (TPSA) is 82.2 Å². The van der Waals surface area contributed by atoms with Crippen molar-refractivity contribution in [3.63, 3.8) is 0 Å². The van der Waals surface area contributed by atoms with Crippen molar-refractivity contribution in [3.05, 3.63) is 0 Å². The van der Waals surface area contributed by atoms with Crippen LogP contribution >= 0.6 is 0 Å². The van der Waals surface area contributed by atoms with E-state index >= 15 is 0 Å².